The lowest BCUT2D eigenvalue weighted by molar-refractivity contribution is -0.120. The maximum absolute atomic E-state index is 13.4. The molecule has 0 unspecified atom stereocenters. The van der Waals surface area contributed by atoms with Crippen molar-refractivity contribution in [3.63, 3.8) is 0 Å². The predicted octanol–water partition coefficient (Wildman–Crippen LogP) is 5.85. The SMILES string of the molecule is CCN(C(=O)c1cc2c(C)nn(-c3ccc(Cl)cc3)c2s1)[C@@H](C)C(=O)Nc1ccc(C)cc1. The van der Waals surface area contributed by atoms with E-state index in [1.807, 2.05) is 80.1 Å². The lowest BCUT2D eigenvalue weighted by Crippen LogP contribution is -2.45. The van der Waals surface area contributed by atoms with Gasteiger partial charge in [0.05, 0.1) is 16.3 Å². The molecule has 0 saturated carbocycles. The minimum atomic E-state index is -0.622. The van der Waals surface area contributed by atoms with Crippen LogP contribution in [0.1, 0.15) is 34.8 Å². The first-order valence-corrected chi connectivity index (χ1v) is 11.9. The van der Waals surface area contributed by atoms with Gasteiger partial charge < -0.3 is 10.2 Å². The van der Waals surface area contributed by atoms with Crippen molar-refractivity contribution in [3.05, 3.63) is 75.8 Å². The van der Waals surface area contributed by atoms with Gasteiger partial charge in [-0.15, -0.1) is 11.3 Å². The summed E-state index contributed by atoms with van der Waals surface area (Å²) in [5.74, 6) is -0.397. The van der Waals surface area contributed by atoms with Gasteiger partial charge >= 0.3 is 0 Å². The second kappa shape index (κ2) is 9.37. The van der Waals surface area contributed by atoms with Crippen LogP contribution in [0, 0.1) is 13.8 Å². The number of halogens is 1. The van der Waals surface area contributed by atoms with Crippen LogP contribution in [-0.4, -0.2) is 39.1 Å². The van der Waals surface area contributed by atoms with E-state index in [1.54, 1.807) is 11.8 Å². The average Bonchev–Trinajstić information content (AvgIpc) is 3.37. The van der Waals surface area contributed by atoms with Gasteiger partial charge in [0, 0.05) is 22.6 Å². The number of anilines is 1. The van der Waals surface area contributed by atoms with Crippen molar-refractivity contribution in [1.82, 2.24) is 14.7 Å². The van der Waals surface area contributed by atoms with Crippen molar-refractivity contribution >= 4 is 50.7 Å². The third kappa shape index (κ3) is 4.65. The first-order valence-electron chi connectivity index (χ1n) is 10.7. The number of aromatic nitrogens is 2. The van der Waals surface area contributed by atoms with Gasteiger partial charge in [-0.2, -0.15) is 5.10 Å². The number of carbonyl (C=O) groups excluding carboxylic acids is 2. The summed E-state index contributed by atoms with van der Waals surface area (Å²) in [6.07, 6.45) is 0. The van der Waals surface area contributed by atoms with Crippen molar-refractivity contribution in [1.29, 1.82) is 0 Å². The maximum atomic E-state index is 13.4. The first kappa shape index (κ1) is 23.0. The quantitative estimate of drug-likeness (QED) is 0.376. The van der Waals surface area contributed by atoms with Crippen molar-refractivity contribution in [2.75, 3.05) is 11.9 Å². The molecule has 2 amide bonds. The number of hydrogen-bond donors (Lipinski definition) is 1. The fraction of sp³-hybridized carbons (Fsp3) is 0.240. The zero-order chi connectivity index (χ0) is 23.7. The molecule has 6 nitrogen and oxygen atoms in total. The predicted molar refractivity (Wildman–Crippen MR) is 135 cm³/mol. The molecule has 1 N–H and O–H groups in total. The van der Waals surface area contributed by atoms with Crippen LogP contribution in [0.3, 0.4) is 0 Å². The third-order valence-corrected chi connectivity index (χ3v) is 6.94. The van der Waals surface area contributed by atoms with Crippen molar-refractivity contribution in [2.45, 2.75) is 33.7 Å². The number of thiophene rings is 1. The highest BCUT2D eigenvalue weighted by Crippen LogP contribution is 2.31. The van der Waals surface area contributed by atoms with Crippen molar-refractivity contribution in [2.24, 2.45) is 0 Å². The molecule has 0 fully saturated rings. The van der Waals surface area contributed by atoms with Gasteiger partial charge in [-0.1, -0.05) is 29.3 Å². The van der Waals surface area contributed by atoms with Gasteiger partial charge in [-0.25, -0.2) is 4.68 Å². The Morgan fingerprint density at radius 3 is 2.42 bits per heavy atom. The number of amides is 2. The summed E-state index contributed by atoms with van der Waals surface area (Å²) in [5.41, 5.74) is 3.53. The number of aryl methyl sites for hydroxylation is 2. The Hall–Kier alpha value is -3.16. The van der Waals surface area contributed by atoms with E-state index in [4.69, 9.17) is 11.6 Å². The molecule has 8 heteroatoms. The van der Waals surface area contributed by atoms with Gasteiger partial charge in [-0.3, -0.25) is 9.59 Å². The molecular formula is C25H25ClN4O2S. The smallest absolute Gasteiger partial charge is 0.264 e. The number of carbonyl (C=O) groups is 2. The molecule has 4 rings (SSSR count). The Morgan fingerprint density at radius 2 is 1.79 bits per heavy atom. The van der Waals surface area contributed by atoms with Crippen LogP contribution in [0.4, 0.5) is 5.69 Å². The van der Waals surface area contributed by atoms with Gasteiger partial charge in [0.2, 0.25) is 5.91 Å². The number of fused-ring (bicyclic) bond motifs is 1. The minimum Gasteiger partial charge on any atom is -0.326 e. The number of nitrogens with zero attached hydrogens (tertiary/aromatic N) is 3. The Bertz CT molecular complexity index is 1310. The lowest BCUT2D eigenvalue weighted by atomic mass is 10.2. The van der Waals surface area contributed by atoms with E-state index in [0.29, 0.717) is 22.1 Å². The second-order valence-electron chi connectivity index (χ2n) is 7.93. The third-order valence-electron chi connectivity index (χ3n) is 5.59. The molecular weight excluding hydrogens is 456 g/mol. The van der Waals surface area contributed by atoms with E-state index >= 15 is 0 Å². The fourth-order valence-corrected chi connectivity index (χ4v) is 4.93. The Labute approximate surface area is 201 Å². The Morgan fingerprint density at radius 1 is 1.12 bits per heavy atom. The fourth-order valence-electron chi connectivity index (χ4n) is 3.67. The molecule has 2 heterocycles. The van der Waals surface area contributed by atoms with Gasteiger partial charge in [0.25, 0.3) is 5.91 Å². The van der Waals surface area contributed by atoms with Crippen LogP contribution < -0.4 is 5.32 Å². The highest BCUT2D eigenvalue weighted by Gasteiger charge is 2.28. The van der Waals surface area contributed by atoms with E-state index in [9.17, 15) is 9.59 Å². The molecule has 33 heavy (non-hydrogen) atoms. The van der Waals surface area contributed by atoms with Crippen LogP contribution in [0.2, 0.25) is 5.02 Å². The minimum absolute atomic E-state index is 0.174. The maximum Gasteiger partial charge on any atom is 0.264 e. The average molecular weight is 481 g/mol. The van der Waals surface area contributed by atoms with E-state index in [0.717, 1.165) is 27.2 Å². The molecule has 4 aromatic rings. The monoisotopic (exact) mass is 480 g/mol. The van der Waals surface area contributed by atoms with Crippen LogP contribution in [0.15, 0.2) is 54.6 Å². The number of rotatable bonds is 6. The summed E-state index contributed by atoms with van der Waals surface area (Å²) in [6.45, 7) is 7.95. The highest BCUT2D eigenvalue weighted by atomic mass is 35.5. The summed E-state index contributed by atoms with van der Waals surface area (Å²) in [6, 6.07) is 16.2. The number of likely N-dealkylation sites (N-methyl/N-ethyl adjacent to an activating group) is 1. The highest BCUT2D eigenvalue weighted by molar-refractivity contribution is 7.20. The molecule has 0 radical (unpaired) electrons. The largest absolute Gasteiger partial charge is 0.326 e. The van der Waals surface area contributed by atoms with Crippen LogP contribution in [-0.2, 0) is 4.79 Å². The molecule has 0 saturated heterocycles. The number of nitrogens with one attached hydrogen (secondary N) is 1. The van der Waals surface area contributed by atoms with Crippen LogP contribution in [0.25, 0.3) is 15.9 Å². The second-order valence-corrected chi connectivity index (χ2v) is 9.39. The van der Waals surface area contributed by atoms with Crippen LogP contribution >= 0.6 is 22.9 Å². The first-order chi connectivity index (χ1) is 15.8. The molecule has 2 aromatic carbocycles. The molecule has 170 valence electrons. The van der Waals surface area contributed by atoms with Gasteiger partial charge in [0.1, 0.15) is 10.9 Å². The summed E-state index contributed by atoms with van der Waals surface area (Å²) in [4.78, 5) is 29.3. The van der Waals surface area contributed by atoms with Gasteiger partial charge in [0.15, 0.2) is 0 Å². The molecule has 0 aliphatic carbocycles. The van der Waals surface area contributed by atoms with E-state index in [2.05, 4.69) is 10.4 Å². The molecule has 0 aliphatic rings. The Balaban J connectivity index is 1.59. The normalized spacial score (nSPS) is 12.0. The summed E-state index contributed by atoms with van der Waals surface area (Å²) in [5, 5.41) is 9.10. The Kier molecular flexibility index (Phi) is 6.54. The zero-order valence-corrected chi connectivity index (χ0v) is 20.5. The van der Waals surface area contributed by atoms with Crippen molar-refractivity contribution in [3.8, 4) is 5.69 Å². The van der Waals surface area contributed by atoms with Crippen molar-refractivity contribution < 1.29 is 9.59 Å². The van der Waals surface area contributed by atoms with E-state index < -0.39 is 6.04 Å². The summed E-state index contributed by atoms with van der Waals surface area (Å²) in [7, 11) is 0. The topological polar surface area (TPSA) is 67.2 Å². The van der Waals surface area contributed by atoms with E-state index in [1.165, 1.54) is 11.3 Å². The number of benzene rings is 2. The molecule has 1 atom stereocenters. The van der Waals surface area contributed by atoms with Gasteiger partial charge in [-0.05, 0) is 70.2 Å². The standard InChI is InChI=1S/C25H25ClN4O2S/c1-5-29(17(4)23(31)27-19-10-6-15(2)7-11-19)24(32)22-14-21-16(3)28-30(25(21)33-22)20-12-8-18(26)9-13-20/h6-14,17H,5H2,1-4H3,(H,27,31)/t17-/m0/s1. The molecule has 0 aliphatic heterocycles. The molecule has 2 aromatic heterocycles. The summed E-state index contributed by atoms with van der Waals surface area (Å²) < 4.78 is 1.83. The van der Waals surface area contributed by atoms with E-state index in [-0.39, 0.29) is 11.8 Å². The summed E-state index contributed by atoms with van der Waals surface area (Å²) >= 11 is 7.40. The zero-order valence-electron chi connectivity index (χ0n) is 18.9. The molecule has 0 spiro atoms. The molecule has 0 bridgehead atoms. The number of hydrogen-bond acceptors (Lipinski definition) is 4. The lowest BCUT2D eigenvalue weighted by Gasteiger charge is -2.26. The van der Waals surface area contributed by atoms with Crippen LogP contribution in [0.5, 0.6) is 0 Å².